The fourth-order valence-corrected chi connectivity index (χ4v) is 2.85. The summed E-state index contributed by atoms with van der Waals surface area (Å²) in [6.45, 7) is 5.41. The second-order valence-corrected chi connectivity index (χ2v) is 5.36. The van der Waals surface area contributed by atoms with Gasteiger partial charge in [-0.2, -0.15) is 0 Å². The molecule has 6 nitrogen and oxygen atoms in total. The standard InChI is InChI=1S/C13H23N3O3/c1-10-9-11(3-4-14-10)12(17)15-5-7-16(8-6-15)13(18)19-2/h10-11,14H,3-9H2,1-2H3. The summed E-state index contributed by atoms with van der Waals surface area (Å²) in [5.41, 5.74) is 0. The molecule has 0 aromatic heterocycles. The van der Waals surface area contributed by atoms with E-state index in [9.17, 15) is 9.59 Å². The Bertz CT molecular complexity index is 340. The van der Waals surface area contributed by atoms with Crippen molar-refractivity contribution in [1.29, 1.82) is 0 Å². The highest BCUT2D eigenvalue weighted by atomic mass is 16.5. The van der Waals surface area contributed by atoms with E-state index in [4.69, 9.17) is 4.74 Å². The summed E-state index contributed by atoms with van der Waals surface area (Å²) in [6.07, 6.45) is 1.53. The van der Waals surface area contributed by atoms with Crippen molar-refractivity contribution in [1.82, 2.24) is 15.1 Å². The van der Waals surface area contributed by atoms with Crippen LogP contribution in [-0.4, -0.2) is 67.7 Å². The molecule has 0 aromatic carbocycles. The molecular weight excluding hydrogens is 246 g/mol. The predicted octanol–water partition coefficient (Wildman–Crippen LogP) is 0.285. The third-order valence-corrected chi connectivity index (χ3v) is 4.00. The molecule has 2 amide bonds. The van der Waals surface area contributed by atoms with Crippen LogP contribution in [-0.2, 0) is 9.53 Å². The number of piperazine rings is 1. The van der Waals surface area contributed by atoms with Gasteiger partial charge in [0.15, 0.2) is 0 Å². The number of rotatable bonds is 1. The second kappa shape index (κ2) is 6.23. The summed E-state index contributed by atoms with van der Waals surface area (Å²) in [4.78, 5) is 27.3. The van der Waals surface area contributed by atoms with E-state index in [1.165, 1.54) is 7.11 Å². The Hall–Kier alpha value is -1.30. The molecule has 0 radical (unpaired) electrons. The van der Waals surface area contributed by atoms with Crippen LogP contribution in [0.15, 0.2) is 0 Å². The van der Waals surface area contributed by atoms with E-state index < -0.39 is 0 Å². The molecule has 0 saturated carbocycles. The van der Waals surface area contributed by atoms with E-state index in [1.807, 2.05) is 4.90 Å². The van der Waals surface area contributed by atoms with Gasteiger partial charge in [-0.05, 0) is 26.3 Å². The van der Waals surface area contributed by atoms with E-state index >= 15 is 0 Å². The van der Waals surface area contributed by atoms with Crippen LogP contribution in [0.4, 0.5) is 4.79 Å². The van der Waals surface area contributed by atoms with Gasteiger partial charge in [-0.1, -0.05) is 0 Å². The highest BCUT2D eigenvalue weighted by Crippen LogP contribution is 2.19. The molecule has 108 valence electrons. The number of nitrogens with zero attached hydrogens (tertiary/aromatic N) is 2. The molecule has 0 aliphatic carbocycles. The second-order valence-electron chi connectivity index (χ2n) is 5.36. The molecule has 0 bridgehead atoms. The van der Waals surface area contributed by atoms with Crippen molar-refractivity contribution in [2.45, 2.75) is 25.8 Å². The van der Waals surface area contributed by atoms with Crippen molar-refractivity contribution in [2.75, 3.05) is 39.8 Å². The monoisotopic (exact) mass is 269 g/mol. The van der Waals surface area contributed by atoms with Gasteiger partial charge >= 0.3 is 6.09 Å². The summed E-state index contributed by atoms with van der Waals surface area (Å²) < 4.78 is 4.69. The minimum Gasteiger partial charge on any atom is -0.453 e. The number of hydrogen-bond donors (Lipinski definition) is 1. The molecule has 2 saturated heterocycles. The predicted molar refractivity (Wildman–Crippen MR) is 70.7 cm³/mol. The minimum absolute atomic E-state index is 0.140. The van der Waals surface area contributed by atoms with Gasteiger partial charge in [0, 0.05) is 38.1 Å². The van der Waals surface area contributed by atoms with Gasteiger partial charge in [-0.25, -0.2) is 4.79 Å². The third-order valence-electron chi connectivity index (χ3n) is 4.00. The summed E-state index contributed by atoms with van der Waals surface area (Å²) in [7, 11) is 1.39. The first-order valence-electron chi connectivity index (χ1n) is 6.97. The van der Waals surface area contributed by atoms with Crippen LogP contribution < -0.4 is 5.32 Å². The van der Waals surface area contributed by atoms with Crippen molar-refractivity contribution in [3.8, 4) is 0 Å². The quantitative estimate of drug-likeness (QED) is 0.743. The molecule has 2 heterocycles. The molecule has 0 spiro atoms. The van der Waals surface area contributed by atoms with Crippen LogP contribution in [0.1, 0.15) is 19.8 Å². The lowest BCUT2D eigenvalue weighted by Crippen LogP contribution is -2.53. The van der Waals surface area contributed by atoms with Crippen LogP contribution in [0.25, 0.3) is 0 Å². The number of carbonyl (C=O) groups excluding carboxylic acids is 2. The Kier molecular flexibility index (Phi) is 4.63. The van der Waals surface area contributed by atoms with Gasteiger partial charge in [-0.15, -0.1) is 0 Å². The van der Waals surface area contributed by atoms with Gasteiger partial charge in [0.2, 0.25) is 5.91 Å². The van der Waals surface area contributed by atoms with E-state index in [-0.39, 0.29) is 17.9 Å². The normalized spacial score (nSPS) is 28.1. The highest BCUT2D eigenvalue weighted by molar-refractivity contribution is 5.79. The zero-order valence-electron chi connectivity index (χ0n) is 11.7. The van der Waals surface area contributed by atoms with E-state index in [1.54, 1.807) is 4.90 Å². The van der Waals surface area contributed by atoms with E-state index in [2.05, 4.69) is 12.2 Å². The molecule has 2 aliphatic rings. The van der Waals surface area contributed by atoms with Gasteiger partial charge in [0.1, 0.15) is 0 Å². The fourth-order valence-electron chi connectivity index (χ4n) is 2.85. The lowest BCUT2D eigenvalue weighted by Gasteiger charge is -2.37. The van der Waals surface area contributed by atoms with Crippen LogP contribution >= 0.6 is 0 Å². The zero-order chi connectivity index (χ0) is 13.8. The van der Waals surface area contributed by atoms with Gasteiger partial charge in [0.25, 0.3) is 0 Å². The van der Waals surface area contributed by atoms with Crippen LogP contribution in [0, 0.1) is 5.92 Å². The lowest BCUT2D eigenvalue weighted by molar-refractivity contribution is -0.138. The van der Waals surface area contributed by atoms with Crippen molar-refractivity contribution < 1.29 is 14.3 Å². The van der Waals surface area contributed by atoms with Crippen LogP contribution in [0.5, 0.6) is 0 Å². The van der Waals surface area contributed by atoms with Gasteiger partial charge in [0.05, 0.1) is 7.11 Å². The van der Waals surface area contributed by atoms with Crippen molar-refractivity contribution in [2.24, 2.45) is 5.92 Å². The topological polar surface area (TPSA) is 61.9 Å². The van der Waals surface area contributed by atoms with Crippen molar-refractivity contribution in [3.05, 3.63) is 0 Å². The Morgan fingerprint density at radius 1 is 1.16 bits per heavy atom. The van der Waals surface area contributed by atoms with Gasteiger partial charge < -0.3 is 19.9 Å². The number of nitrogens with one attached hydrogen (secondary N) is 1. The molecule has 19 heavy (non-hydrogen) atoms. The van der Waals surface area contributed by atoms with Crippen LogP contribution in [0.2, 0.25) is 0 Å². The molecule has 2 fully saturated rings. The Balaban J connectivity index is 1.83. The number of piperidine rings is 1. The van der Waals surface area contributed by atoms with Crippen molar-refractivity contribution in [3.63, 3.8) is 0 Å². The number of carbonyl (C=O) groups is 2. The van der Waals surface area contributed by atoms with Gasteiger partial charge in [-0.3, -0.25) is 4.79 Å². The third kappa shape index (κ3) is 3.37. The molecule has 6 heteroatoms. The average molecular weight is 269 g/mol. The van der Waals surface area contributed by atoms with E-state index in [0.717, 1.165) is 19.4 Å². The molecule has 2 rings (SSSR count). The number of amides is 2. The first-order valence-corrected chi connectivity index (χ1v) is 6.97. The Morgan fingerprint density at radius 2 is 1.79 bits per heavy atom. The fraction of sp³-hybridized carbons (Fsp3) is 0.846. The van der Waals surface area contributed by atoms with E-state index in [0.29, 0.717) is 32.2 Å². The maximum atomic E-state index is 12.4. The number of hydrogen-bond acceptors (Lipinski definition) is 4. The lowest BCUT2D eigenvalue weighted by atomic mass is 9.92. The SMILES string of the molecule is COC(=O)N1CCN(C(=O)C2CCNC(C)C2)CC1. The molecular formula is C13H23N3O3. The first kappa shape index (κ1) is 14.1. The number of ether oxygens (including phenoxy) is 1. The molecule has 0 aromatic rings. The highest BCUT2D eigenvalue weighted by Gasteiger charge is 2.31. The maximum Gasteiger partial charge on any atom is 0.409 e. The first-order chi connectivity index (χ1) is 9.11. The summed E-state index contributed by atoms with van der Waals surface area (Å²) in [5.74, 6) is 0.388. The molecule has 1 N–H and O–H groups in total. The Morgan fingerprint density at radius 3 is 2.37 bits per heavy atom. The zero-order valence-corrected chi connectivity index (χ0v) is 11.7. The summed E-state index contributed by atoms with van der Waals surface area (Å²) >= 11 is 0. The molecule has 2 aliphatic heterocycles. The summed E-state index contributed by atoms with van der Waals surface area (Å²) in [5, 5.41) is 3.36. The molecule has 2 unspecified atom stereocenters. The summed E-state index contributed by atoms with van der Waals surface area (Å²) in [6, 6.07) is 0.416. The number of methoxy groups -OCH3 is 1. The van der Waals surface area contributed by atoms with Crippen LogP contribution in [0.3, 0.4) is 0 Å². The van der Waals surface area contributed by atoms with Crippen molar-refractivity contribution >= 4 is 12.0 Å². The largest absolute Gasteiger partial charge is 0.453 e. The Labute approximate surface area is 114 Å². The molecule has 2 atom stereocenters. The average Bonchev–Trinajstić information content (AvgIpc) is 2.46. The minimum atomic E-state index is -0.303. The maximum absolute atomic E-state index is 12.4. The smallest absolute Gasteiger partial charge is 0.409 e.